The molecule has 0 unspecified atom stereocenters. The van der Waals surface area contributed by atoms with Gasteiger partial charge in [0.05, 0.1) is 13.2 Å². The second-order valence-electron chi connectivity index (χ2n) is 3.76. The smallest absolute Gasteiger partial charge is 0.0700 e. The first-order chi connectivity index (χ1) is 6.27. The standard InChI is InChI=1S/C11H24O2/c1-4-7-12-9-10-13-8-5-6-11(2)3/h11H,4-10H2,1-3H3. The molecule has 2 heteroatoms. The number of ether oxygens (including phenoxy) is 2. The summed E-state index contributed by atoms with van der Waals surface area (Å²) in [6.45, 7) is 9.83. The number of rotatable bonds is 9. The average Bonchev–Trinajstić information content (AvgIpc) is 2.09. The summed E-state index contributed by atoms with van der Waals surface area (Å²) < 4.78 is 10.7. The van der Waals surface area contributed by atoms with Gasteiger partial charge in [0.15, 0.2) is 0 Å². The van der Waals surface area contributed by atoms with E-state index < -0.39 is 0 Å². The van der Waals surface area contributed by atoms with Crippen molar-refractivity contribution in [3.05, 3.63) is 0 Å². The predicted molar refractivity (Wildman–Crippen MR) is 56.0 cm³/mol. The highest BCUT2D eigenvalue weighted by Gasteiger charge is 1.93. The van der Waals surface area contributed by atoms with E-state index in [1.807, 2.05) is 0 Å². The van der Waals surface area contributed by atoms with Gasteiger partial charge in [-0.3, -0.25) is 0 Å². The first-order valence-electron chi connectivity index (χ1n) is 5.42. The molecule has 0 aliphatic rings. The summed E-state index contributed by atoms with van der Waals surface area (Å²) in [5, 5.41) is 0. The van der Waals surface area contributed by atoms with Crippen molar-refractivity contribution in [3.8, 4) is 0 Å². The van der Waals surface area contributed by atoms with Crippen molar-refractivity contribution < 1.29 is 9.47 Å². The Hall–Kier alpha value is -0.0800. The Kier molecular flexibility index (Phi) is 9.94. The molecule has 0 aliphatic carbocycles. The minimum atomic E-state index is 0.746. The average molecular weight is 188 g/mol. The first kappa shape index (κ1) is 12.9. The van der Waals surface area contributed by atoms with Crippen LogP contribution >= 0.6 is 0 Å². The lowest BCUT2D eigenvalue weighted by molar-refractivity contribution is 0.0459. The molecule has 0 bridgehead atoms. The molecule has 0 fully saturated rings. The predicted octanol–water partition coefficient (Wildman–Crippen LogP) is 2.87. The van der Waals surface area contributed by atoms with Crippen molar-refractivity contribution in [2.45, 2.75) is 40.0 Å². The molecule has 0 amide bonds. The highest BCUT2D eigenvalue weighted by atomic mass is 16.5. The van der Waals surface area contributed by atoms with Gasteiger partial charge < -0.3 is 9.47 Å². The summed E-state index contributed by atoms with van der Waals surface area (Å²) in [7, 11) is 0. The lowest BCUT2D eigenvalue weighted by atomic mass is 10.1. The fourth-order valence-electron chi connectivity index (χ4n) is 1.06. The number of hydrogen-bond donors (Lipinski definition) is 0. The Morgan fingerprint density at radius 2 is 1.54 bits per heavy atom. The molecule has 0 rings (SSSR count). The van der Waals surface area contributed by atoms with Gasteiger partial charge in [-0.15, -0.1) is 0 Å². The summed E-state index contributed by atoms with van der Waals surface area (Å²) in [4.78, 5) is 0. The van der Waals surface area contributed by atoms with Crippen molar-refractivity contribution in [2.24, 2.45) is 5.92 Å². The summed E-state index contributed by atoms with van der Waals surface area (Å²) >= 11 is 0. The summed E-state index contributed by atoms with van der Waals surface area (Å²) in [6, 6.07) is 0. The normalized spacial score (nSPS) is 11.1. The van der Waals surface area contributed by atoms with E-state index in [4.69, 9.17) is 9.47 Å². The lowest BCUT2D eigenvalue weighted by Gasteiger charge is -2.06. The van der Waals surface area contributed by atoms with Crippen molar-refractivity contribution >= 4 is 0 Å². The Morgan fingerprint density at radius 3 is 2.08 bits per heavy atom. The van der Waals surface area contributed by atoms with E-state index in [-0.39, 0.29) is 0 Å². The van der Waals surface area contributed by atoms with Crippen LogP contribution in [0.2, 0.25) is 0 Å². The van der Waals surface area contributed by atoms with Crippen LogP contribution in [0.4, 0.5) is 0 Å². The minimum absolute atomic E-state index is 0.746. The van der Waals surface area contributed by atoms with Crippen LogP contribution in [0.3, 0.4) is 0 Å². The van der Waals surface area contributed by atoms with Gasteiger partial charge in [0.1, 0.15) is 0 Å². The van der Waals surface area contributed by atoms with Gasteiger partial charge in [-0.25, -0.2) is 0 Å². The lowest BCUT2D eigenvalue weighted by Crippen LogP contribution is -2.06. The second-order valence-corrected chi connectivity index (χ2v) is 3.76. The molecule has 0 aromatic rings. The van der Waals surface area contributed by atoms with Gasteiger partial charge >= 0.3 is 0 Å². The molecule has 0 N–H and O–H groups in total. The molecule has 13 heavy (non-hydrogen) atoms. The van der Waals surface area contributed by atoms with Crippen molar-refractivity contribution in [1.29, 1.82) is 0 Å². The van der Waals surface area contributed by atoms with Crippen LogP contribution in [0.25, 0.3) is 0 Å². The van der Waals surface area contributed by atoms with E-state index in [1.165, 1.54) is 12.8 Å². The van der Waals surface area contributed by atoms with E-state index in [0.29, 0.717) is 0 Å². The molecule has 0 radical (unpaired) electrons. The molecule has 0 aromatic carbocycles. The first-order valence-corrected chi connectivity index (χ1v) is 5.42. The number of hydrogen-bond acceptors (Lipinski definition) is 2. The third-order valence-electron chi connectivity index (χ3n) is 1.79. The maximum Gasteiger partial charge on any atom is 0.0700 e. The molecular weight excluding hydrogens is 164 g/mol. The van der Waals surface area contributed by atoms with Gasteiger partial charge in [-0.2, -0.15) is 0 Å². The van der Waals surface area contributed by atoms with E-state index in [2.05, 4.69) is 20.8 Å². The molecule has 0 saturated carbocycles. The molecule has 0 aliphatic heterocycles. The van der Waals surface area contributed by atoms with E-state index in [0.717, 1.165) is 38.8 Å². The van der Waals surface area contributed by atoms with Crippen LogP contribution in [0.1, 0.15) is 40.0 Å². The molecule has 0 atom stereocenters. The highest BCUT2D eigenvalue weighted by molar-refractivity contribution is 4.44. The molecule has 2 nitrogen and oxygen atoms in total. The van der Waals surface area contributed by atoms with Crippen LogP contribution < -0.4 is 0 Å². The fraction of sp³-hybridized carbons (Fsp3) is 1.00. The summed E-state index contributed by atoms with van der Waals surface area (Å²) in [5.74, 6) is 0.792. The van der Waals surface area contributed by atoms with Gasteiger partial charge in [-0.05, 0) is 25.2 Å². The molecular formula is C11H24O2. The molecule has 0 heterocycles. The van der Waals surface area contributed by atoms with Crippen LogP contribution in [0.5, 0.6) is 0 Å². The van der Waals surface area contributed by atoms with E-state index >= 15 is 0 Å². The zero-order chi connectivity index (χ0) is 9.94. The van der Waals surface area contributed by atoms with Crippen molar-refractivity contribution in [1.82, 2.24) is 0 Å². The summed E-state index contributed by atoms with van der Waals surface area (Å²) in [6.07, 6.45) is 3.52. The minimum Gasteiger partial charge on any atom is -0.379 e. The Morgan fingerprint density at radius 1 is 0.923 bits per heavy atom. The van der Waals surface area contributed by atoms with E-state index in [9.17, 15) is 0 Å². The van der Waals surface area contributed by atoms with Gasteiger partial charge in [-0.1, -0.05) is 20.8 Å². The maximum atomic E-state index is 5.41. The Balaban J connectivity index is 2.84. The molecule has 80 valence electrons. The third kappa shape index (κ3) is 11.9. The molecule has 0 aromatic heterocycles. The van der Waals surface area contributed by atoms with Crippen LogP contribution in [-0.2, 0) is 9.47 Å². The Labute approximate surface area is 82.6 Å². The molecule has 0 spiro atoms. The van der Waals surface area contributed by atoms with E-state index in [1.54, 1.807) is 0 Å². The maximum absolute atomic E-state index is 5.41. The van der Waals surface area contributed by atoms with Crippen LogP contribution in [0, 0.1) is 5.92 Å². The van der Waals surface area contributed by atoms with Crippen molar-refractivity contribution in [2.75, 3.05) is 26.4 Å². The third-order valence-corrected chi connectivity index (χ3v) is 1.79. The second kappa shape index (κ2) is 10.0. The zero-order valence-corrected chi connectivity index (χ0v) is 9.34. The largest absolute Gasteiger partial charge is 0.379 e. The van der Waals surface area contributed by atoms with Gasteiger partial charge in [0.2, 0.25) is 0 Å². The van der Waals surface area contributed by atoms with Crippen molar-refractivity contribution in [3.63, 3.8) is 0 Å². The quantitative estimate of drug-likeness (QED) is 0.518. The topological polar surface area (TPSA) is 18.5 Å². The fourth-order valence-corrected chi connectivity index (χ4v) is 1.06. The summed E-state index contributed by atoms with van der Waals surface area (Å²) in [5.41, 5.74) is 0. The highest BCUT2D eigenvalue weighted by Crippen LogP contribution is 2.02. The van der Waals surface area contributed by atoms with Crippen LogP contribution in [-0.4, -0.2) is 26.4 Å². The molecule has 0 saturated heterocycles. The monoisotopic (exact) mass is 188 g/mol. The Bertz CT molecular complexity index is 92.1. The van der Waals surface area contributed by atoms with Gasteiger partial charge in [0, 0.05) is 13.2 Å². The van der Waals surface area contributed by atoms with Gasteiger partial charge in [0.25, 0.3) is 0 Å². The zero-order valence-electron chi connectivity index (χ0n) is 9.34. The SMILES string of the molecule is CCCOCCOCCCC(C)C. The van der Waals surface area contributed by atoms with Crippen LogP contribution in [0.15, 0.2) is 0 Å².